The summed E-state index contributed by atoms with van der Waals surface area (Å²) in [5.74, 6) is 0.881. The Morgan fingerprint density at radius 2 is 1.75 bits per heavy atom. The number of hydrogen-bond acceptors (Lipinski definition) is 2. The minimum absolute atomic E-state index is 0.582. The lowest BCUT2D eigenvalue weighted by Gasteiger charge is -2.06. The molecule has 2 aromatic rings. The quantitative estimate of drug-likeness (QED) is 0.797. The van der Waals surface area contributed by atoms with Crippen molar-refractivity contribution in [2.24, 2.45) is 0 Å². The van der Waals surface area contributed by atoms with Crippen LogP contribution in [0.5, 0.6) is 5.75 Å². The van der Waals surface area contributed by atoms with Crippen molar-refractivity contribution in [3.8, 4) is 5.75 Å². The minimum atomic E-state index is 0.582. The molecule has 0 saturated carbocycles. The normalized spacial score (nSPS) is 10.6. The highest BCUT2D eigenvalue weighted by atomic mass is 79.9. The Kier molecular flexibility index (Phi) is 3.80. The van der Waals surface area contributed by atoms with E-state index in [0.29, 0.717) is 13.2 Å². The zero-order valence-electron chi connectivity index (χ0n) is 9.07. The molecule has 16 heavy (non-hydrogen) atoms. The third-order valence-electron chi connectivity index (χ3n) is 2.33. The van der Waals surface area contributed by atoms with Crippen LogP contribution in [0.2, 0.25) is 0 Å². The van der Waals surface area contributed by atoms with Gasteiger partial charge in [0.05, 0.1) is 6.61 Å². The summed E-state index contributed by atoms with van der Waals surface area (Å²) in [4.78, 5) is 0. The van der Waals surface area contributed by atoms with Crippen molar-refractivity contribution in [3.63, 3.8) is 0 Å². The predicted octanol–water partition coefficient (Wildman–Crippen LogP) is 3.63. The minimum Gasteiger partial charge on any atom is -0.491 e. The fourth-order valence-electron chi connectivity index (χ4n) is 1.53. The fourth-order valence-corrected chi connectivity index (χ4v) is 1.91. The van der Waals surface area contributed by atoms with E-state index < -0.39 is 0 Å². The van der Waals surface area contributed by atoms with Gasteiger partial charge in [-0.15, -0.1) is 0 Å². The zero-order valence-corrected chi connectivity index (χ0v) is 10.7. The van der Waals surface area contributed by atoms with Crippen molar-refractivity contribution >= 4 is 26.7 Å². The Morgan fingerprint density at radius 3 is 2.56 bits per heavy atom. The van der Waals surface area contributed by atoms with Crippen molar-refractivity contribution in [1.82, 2.24) is 0 Å². The van der Waals surface area contributed by atoms with Crippen LogP contribution in [0.4, 0.5) is 0 Å². The van der Waals surface area contributed by atoms with Gasteiger partial charge in [0.25, 0.3) is 0 Å². The number of fused-ring (bicyclic) bond motifs is 1. The first kappa shape index (κ1) is 11.4. The van der Waals surface area contributed by atoms with E-state index >= 15 is 0 Å². The highest BCUT2D eigenvalue weighted by Crippen LogP contribution is 2.23. The highest BCUT2D eigenvalue weighted by Gasteiger charge is 1.98. The first-order valence-corrected chi connectivity index (χ1v) is 5.90. The van der Waals surface area contributed by atoms with Gasteiger partial charge in [-0.3, -0.25) is 0 Å². The van der Waals surface area contributed by atoms with E-state index in [4.69, 9.17) is 9.47 Å². The summed E-state index contributed by atoms with van der Waals surface area (Å²) in [6.45, 7) is 1.19. The number of rotatable bonds is 4. The van der Waals surface area contributed by atoms with E-state index in [0.717, 1.165) is 10.2 Å². The van der Waals surface area contributed by atoms with Gasteiger partial charge in [0.15, 0.2) is 0 Å². The monoisotopic (exact) mass is 280 g/mol. The van der Waals surface area contributed by atoms with E-state index in [1.54, 1.807) is 7.11 Å². The predicted molar refractivity (Wildman–Crippen MR) is 69.0 cm³/mol. The van der Waals surface area contributed by atoms with E-state index in [1.165, 1.54) is 10.8 Å². The SMILES string of the molecule is COCCOc1ccc2cc(Br)ccc2c1. The molecule has 0 atom stereocenters. The van der Waals surface area contributed by atoms with Crippen LogP contribution in [0, 0.1) is 0 Å². The summed E-state index contributed by atoms with van der Waals surface area (Å²) in [6.07, 6.45) is 0. The van der Waals surface area contributed by atoms with Gasteiger partial charge in [-0.05, 0) is 35.0 Å². The molecule has 0 aliphatic rings. The molecule has 0 amide bonds. The topological polar surface area (TPSA) is 18.5 Å². The third kappa shape index (κ3) is 2.74. The maximum Gasteiger partial charge on any atom is 0.120 e. The van der Waals surface area contributed by atoms with Gasteiger partial charge >= 0.3 is 0 Å². The summed E-state index contributed by atoms with van der Waals surface area (Å²) in [7, 11) is 1.67. The molecule has 0 radical (unpaired) electrons. The lowest BCUT2D eigenvalue weighted by Crippen LogP contribution is -2.03. The molecule has 0 aliphatic heterocycles. The Bertz CT molecular complexity index is 482. The summed E-state index contributed by atoms with van der Waals surface area (Å²) in [5.41, 5.74) is 0. The molecule has 0 aliphatic carbocycles. The van der Waals surface area contributed by atoms with Crippen LogP contribution in [0.25, 0.3) is 10.8 Å². The fraction of sp³-hybridized carbons (Fsp3) is 0.231. The van der Waals surface area contributed by atoms with Crippen LogP contribution in [-0.2, 0) is 4.74 Å². The molecule has 0 unspecified atom stereocenters. The molecule has 2 nitrogen and oxygen atoms in total. The van der Waals surface area contributed by atoms with Crippen molar-refractivity contribution < 1.29 is 9.47 Å². The lowest BCUT2D eigenvalue weighted by molar-refractivity contribution is 0.146. The van der Waals surface area contributed by atoms with Gasteiger partial charge in [0.1, 0.15) is 12.4 Å². The van der Waals surface area contributed by atoms with Gasteiger partial charge in [-0.1, -0.05) is 28.1 Å². The largest absolute Gasteiger partial charge is 0.491 e. The first-order valence-electron chi connectivity index (χ1n) is 5.10. The van der Waals surface area contributed by atoms with Crippen LogP contribution < -0.4 is 4.74 Å². The summed E-state index contributed by atoms with van der Waals surface area (Å²) >= 11 is 3.45. The van der Waals surface area contributed by atoms with Crippen molar-refractivity contribution in [2.75, 3.05) is 20.3 Å². The summed E-state index contributed by atoms with van der Waals surface area (Å²) in [5, 5.41) is 2.38. The molecule has 0 spiro atoms. The molecule has 0 fully saturated rings. The maximum absolute atomic E-state index is 5.55. The second-order valence-electron chi connectivity index (χ2n) is 3.49. The third-order valence-corrected chi connectivity index (χ3v) is 2.82. The van der Waals surface area contributed by atoms with Crippen LogP contribution in [0.15, 0.2) is 40.9 Å². The molecule has 84 valence electrons. The van der Waals surface area contributed by atoms with E-state index in [9.17, 15) is 0 Å². The number of hydrogen-bond donors (Lipinski definition) is 0. The Hall–Kier alpha value is -1.06. The Morgan fingerprint density at radius 1 is 1.00 bits per heavy atom. The molecular weight excluding hydrogens is 268 g/mol. The molecular formula is C13H13BrO2. The van der Waals surface area contributed by atoms with E-state index in [1.807, 2.05) is 18.2 Å². The second-order valence-corrected chi connectivity index (χ2v) is 4.41. The average Bonchev–Trinajstić information content (AvgIpc) is 2.29. The number of ether oxygens (including phenoxy) is 2. The smallest absolute Gasteiger partial charge is 0.120 e. The standard InChI is InChI=1S/C13H13BrO2/c1-15-6-7-16-13-5-3-10-8-12(14)4-2-11(10)9-13/h2-5,8-9H,6-7H2,1H3. The van der Waals surface area contributed by atoms with Crippen LogP contribution in [0.1, 0.15) is 0 Å². The molecule has 2 rings (SSSR count). The van der Waals surface area contributed by atoms with Gasteiger partial charge in [-0.25, -0.2) is 0 Å². The highest BCUT2D eigenvalue weighted by molar-refractivity contribution is 9.10. The molecule has 0 N–H and O–H groups in total. The first-order chi connectivity index (χ1) is 7.79. The average molecular weight is 281 g/mol. The molecule has 0 bridgehead atoms. The zero-order chi connectivity index (χ0) is 11.4. The van der Waals surface area contributed by atoms with Gasteiger partial charge in [0, 0.05) is 11.6 Å². The Balaban J connectivity index is 2.20. The Labute approximate surface area is 103 Å². The van der Waals surface area contributed by atoms with Gasteiger partial charge in [0.2, 0.25) is 0 Å². The van der Waals surface area contributed by atoms with E-state index in [2.05, 4.69) is 34.1 Å². The summed E-state index contributed by atoms with van der Waals surface area (Å²) < 4.78 is 11.6. The molecule has 0 heterocycles. The van der Waals surface area contributed by atoms with Crippen molar-refractivity contribution in [1.29, 1.82) is 0 Å². The maximum atomic E-state index is 5.55. The lowest BCUT2D eigenvalue weighted by atomic mass is 10.1. The van der Waals surface area contributed by atoms with Crippen LogP contribution >= 0.6 is 15.9 Å². The molecule has 2 aromatic carbocycles. The van der Waals surface area contributed by atoms with Gasteiger partial charge < -0.3 is 9.47 Å². The number of methoxy groups -OCH3 is 1. The van der Waals surface area contributed by atoms with E-state index in [-0.39, 0.29) is 0 Å². The molecule has 0 saturated heterocycles. The van der Waals surface area contributed by atoms with Gasteiger partial charge in [-0.2, -0.15) is 0 Å². The second kappa shape index (κ2) is 5.32. The van der Waals surface area contributed by atoms with Crippen molar-refractivity contribution in [2.45, 2.75) is 0 Å². The van der Waals surface area contributed by atoms with Crippen molar-refractivity contribution in [3.05, 3.63) is 40.9 Å². The summed E-state index contributed by atoms with van der Waals surface area (Å²) in [6, 6.07) is 12.3. The van der Waals surface area contributed by atoms with Crippen LogP contribution in [-0.4, -0.2) is 20.3 Å². The van der Waals surface area contributed by atoms with Crippen LogP contribution in [0.3, 0.4) is 0 Å². The number of benzene rings is 2. The molecule has 0 aromatic heterocycles. The molecule has 3 heteroatoms. The number of halogens is 1.